The number of hydrogen-bond acceptors (Lipinski definition) is 3. The van der Waals surface area contributed by atoms with Crippen LogP contribution in [0.2, 0.25) is 5.02 Å². The van der Waals surface area contributed by atoms with Crippen molar-refractivity contribution in [2.24, 2.45) is 0 Å². The van der Waals surface area contributed by atoms with E-state index in [4.69, 9.17) is 21.4 Å². The lowest BCUT2D eigenvalue weighted by atomic mass is 10.0. The molecule has 1 atom stereocenters. The van der Waals surface area contributed by atoms with Gasteiger partial charge in [-0.1, -0.05) is 11.6 Å². The number of hydrogen-bond donors (Lipinski definition) is 2. The zero-order chi connectivity index (χ0) is 14.0. The second-order valence-electron chi connectivity index (χ2n) is 4.63. The molecule has 19 heavy (non-hydrogen) atoms. The highest BCUT2D eigenvalue weighted by Gasteiger charge is 2.38. The topological polar surface area (TPSA) is 75.6 Å². The summed E-state index contributed by atoms with van der Waals surface area (Å²) in [7, 11) is 0. The number of carbonyl (C=O) groups is 2. The first-order chi connectivity index (χ1) is 8.92. The maximum Gasteiger partial charge on any atom is 0.337 e. The van der Waals surface area contributed by atoms with E-state index in [-0.39, 0.29) is 17.2 Å². The van der Waals surface area contributed by atoms with Gasteiger partial charge in [0.2, 0.25) is 0 Å². The summed E-state index contributed by atoms with van der Waals surface area (Å²) in [5.41, 5.74) is -0.712. The molecule has 1 amide bonds. The van der Waals surface area contributed by atoms with Gasteiger partial charge in [-0.2, -0.15) is 0 Å². The van der Waals surface area contributed by atoms with E-state index >= 15 is 0 Å². The van der Waals surface area contributed by atoms with Gasteiger partial charge >= 0.3 is 5.97 Å². The van der Waals surface area contributed by atoms with Crippen LogP contribution in [0.5, 0.6) is 0 Å². The summed E-state index contributed by atoms with van der Waals surface area (Å²) in [6.07, 6.45) is 1.44. The Morgan fingerprint density at radius 3 is 2.79 bits per heavy atom. The molecule has 1 aliphatic heterocycles. The van der Waals surface area contributed by atoms with Crippen molar-refractivity contribution in [3.63, 3.8) is 0 Å². The van der Waals surface area contributed by atoms with Crippen LogP contribution in [0.1, 0.15) is 30.1 Å². The van der Waals surface area contributed by atoms with Crippen LogP contribution in [0, 0.1) is 0 Å². The zero-order valence-corrected chi connectivity index (χ0v) is 11.2. The SMILES string of the molecule is CC1(C(=O)Nc2ccc(Cl)cc2C(=O)O)CCCO1. The number of carboxylic acid groups (broad SMARTS) is 1. The van der Waals surface area contributed by atoms with Crippen molar-refractivity contribution in [3.8, 4) is 0 Å². The number of aromatic carboxylic acids is 1. The van der Waals surface area contributed by atoms with E-state index in [0.717, 1.165) is 6.42 Å². The fourth-order valence-electron chi connectivity index (χ4n) is 2.02. The zero-order valence-electron chi connectivity index (χ0n) is 10.4. The maximum atomic E-state index is 12.1. The predicted octanol–water partition coefficient (Wildman–Crippen LogP) is 2.55. The summed E-state index contributed by atoms with van der Waals surface area (Å²) < 4.78 is 5.41. The van der Waals surface area contributed by atoms with Gasteiger partial charge in [0, 0.05) is 11.6 Å². The van der Waals surface area contributed by atoms with Gasteiger partial charge in [0.05, 0.1) is 11.3 Å². The number of nitrogens with one attached hydrogen (secondary N) is 1. The van der Waals surface area contributed by atoms with Crippen molar-refractivity contribution in [1.82, 2.24) is 0 Å². The lowest BCUT2D eigenvalue weighted by Gasteiger charge is -2.22. The van der Waals surface area contributed by atoms with Crippen molar-refractivity contribution in [2.45, 2.75) is 25.4 Å². The second-order valence-corrected chi connectivity index (χ2v) is 5.07. The largest absolute Gasteiger partial charge is 0.478 e. The van der Waals surface area contributed by atoms with Crippen LogP contribution >= 0.6 is 11.6 Å². The molecule has 0 bridgehead atoms. The maximum absolute atomic E-state index is 12.1. The first-order valence-corrected chi connectivity index (χ1v) is 6.28. The van der Waals surface area contributed by atoms with E-state index in [1.807, 2.05) is 0 Å². The standard InChI is InChI=1S/C13H14ClNO4/c1-13(5-2-6-19-13)12(18)15-10-4-3-8(14)7-9(10)11(16)17/h3-4,7H,2,5-6H2,1H3,(H,15,18)(H,16,17). The molecule has 0 saturated carbocycles. The number of benzene rings is 1. The summed E-state index contributed by atoms with van der Waals surface area (Å²) in [6, 6.07) is 4.31. The van der Waals surface area contributed by atoms with E-state index in [1.54, 1.807) is 6.92 Å². The van der Waals surface area contributed by atoms with Crippen LogP contribution in [0.4, 0.5) is 5.69 Å². The molecule has 0 spiro atoms. The van der Waals surface area contributed by atoms with Crippen molar-refractivity contribution in [3.05, 3.63) is 28.8 Å². The quantitative estimate of drug-likeness (QED) is 0.894. The monoisotopic (exact) mass is 283 g/mol. The average molecular weight is 284 g/mol. The first kappa shape index (κ1) is 13.8. The summed E-state index contributed by atoms with van der Waals surface area (Å²) >= 11 is 5.75. The molecule has 1 heterocycles. The number of ether oxygens (including phenoxy) is 1. The Hall–Kier alpha value is -1.59. The van der Waals surface area contributed by atoms with E-state index in [9.17, 15) is 9.59 Å². The Morgan fingerprint density at radius 2 is 2.21 bits per heavy atom. The van der Waals surface area contributed by atoms with Gasteiger partial charge in [-0.3, -0.25) is 4.79 Å². The third-order valence-corrected chi connectivity index (χ3v) is 3.39. The Morgan fingerprint density at radius 1 is 1.47 bits per heavy atom. The molecular formula is C13H14ClNO4. The molecule has 1 saturated heterocycles. The minimum Gasteiger partial charge on any atom is -0.478 e. The highest BCUT2D eigenvalue weighted by atomic mass is 35.5. The van der Waals surface area contributed by atoms with Crippen LogP contribution in [-0.4, -0.2) is 29.2 Å². The van der Waals surface area contributed by atoms with Crippen molar-refractivity contribution >= 4 is 29.2 Å². The van der Waals surface area contributed by atoms with E-state index in [2.05, 4.69) is 5.32 Å². The molecule has 0 aromatic heterocycles. The Bertz CT molecular complexity index is 523. The number of carbonyl (C=O) groups excluding carboxylic acids is 1. The Labute approximate surface area is 115 Å². The molecule has 0 radical (unpaired) electrons. The highest BCUT2D eigenvalue weighted by molar-refractivity contribution is 6.31. The molecule has 1 fully saturated rings. The van der Waals surface area contributed by atoms with E-state index in [0.29, 0.717) is 18.1 Å². The number of rotatable bonds is 3. The second kappa shape index (κ2) is 5.19. The lowest BCUT2D eigenvalue weighted by molar-refractivity contribution is -0.133. The minimum atomic E-state index is -1.14. The van der Waals surface area contributed by atoms with Crippen LogP contribution in [0.15, 0.2) is 18.2 Å². The fourth-order valence-corrected chi connectivity index (χ4v) is 2.19. The van der Waals surface area contributed by atoms with Gasteiger partial charge < -0.3 is 15.2 Å². The number of carboxylic acids is 1. The molecule has 1 aliphatic rings. The van der Waals surface area contributed by atoms with Crippen LogP contribution in [-0.2, 0) is 9.53 Å². The van der Waals surface area contributed by atoms with Gasteiger partial charge in [0.1, 0.15) is 5.60 Å². The molecule has 5 nitrogen and oxygen atoms in total. The lowest BCUT2D eigenvalue weighted by Crippen LogP contribution is -2.39. The van der Waals surface area contributed by atoms with Gasteiger partial charge in [-0.15, -0.1) is 0 Å². The van der Waals surface area contributed by atoms with Crippen molar-refractivity contribution in [2.75, 3.05) is 11.9 Å². The van der Waals surface area contributed by atoms with Crippen LogP contribution < -0.4 is 5.32 Å². The summed E-state index contributed by atoms with van der Waals surface area (Å²) in [6.45, 7) is 2.24. The minimum absolute atomic E-state index is 0.0394. The molecule has 6 heteroatoms. The molecular weight excluding hydrogens is 270 g/mol. The van der Waals surface area contributed by atoms with E-state index < -0.39 is 11.6 Å². The van der Waals surface area contributed by atoms with Gasteiger partial charge in [0.25, 0.3) is 5.91 Å². The van der Waals surface area contributed by atoms with Gasteiger partial charge in [0.15, 0.2) is 0 Å². The first-order valence-electron chi connectivity index (χ1n) is 5.91. The molecule has 2 N–H and O–H groups in total. The predicted molar refractivity (Wildman–Crippen MR) is 70.6 cm³/mol. The van der Waals surface area contributed by atoms with Crippen LogP contribution in [0.25, 0.3) is 0 Å². The van der Waals surface area contributed by atoms with E-state index in [1.165, 1.54) is 18.2 Å². The van der Waals surface area contributed by atoms with Crippen molar-refractivity contribution in [1.29, 1.82) is 0 Å². The molecule has 1 unspecified atom stereocenters. The average Bonchev–Trinajstić information content (AvgIpc) is 2.79. The third-order valence-electron chi connectivity index (χ3n) is 3.16. The van der Waals surface area contributed by atoms with Crippen LogP contribution in [0.3, 0.4) is 0 Å². The molecule has 1 aromatic carbocycles. The Kier molecular flexibility index (Phi) is 3.78. The van der Waals surface area contributed by atoms with Crippen molar-refractivity contribution < 1.29 is 19.4 Å². The smallest absolute Gasteiger partial charge is 0.337 e. The molecule has 102 valence electrons. The van der Waals surface area contributed by atoms with Gasteiger partial charge in [-0.25, -0.2) is 4.79 Å². The fraction of sp³-hybridized carbons (Fsp3) is 0.385. The normalized spacial score (nSPS) is 22.2. The number of anilines is 1. The Balaban J connectivity index is 2.23. The molecule has 1 aromatic rings. The molecule has 0 aliphatic carbocycles. The molecule has 2 rings (SSSR count). The highest BCUT2D eigenvalue weighted by Crippen LogP contribution is 2.28. The summed E-state index contributed by atoms with van der Waals surface area (Å²) in [5.74, 6) is -1.48. The number of halogens is 1. The summed E-state index contributed by atoms with van der Waals surface area (Å²) in [4.78, 5) is 23.2. The third kappa shape index (κ3) is 2.88. The van der Waals surface area contributed by atoms with Gasteiger partial charge in [-0.05, 0) is 38.0 Å². The number of amides is 1. The summed E-state index contributed by atoms with van der Waals surface area (Å²) in [5, 5.41) is 12.0.